The van der Waals surface area contributed by atoms with E-state index in [1.165, 1.54) is 10.5 Å². The van der Waals surface area contributed by atoms with E-state index in [0.717, 1.165) is 0 Å². The molecule has 2 heterocycles. The standard InChI is InChI=1S/C15H19N3O3S/c1-10-9-18(11(2)8-17-10)22(20,21)14-5-3-4-13-12(14)6-7-16-15(13)19/h3-7,10-11,17H,8-9H2,1-2H3,(H,16,19). The molecule has 3 rings (SSSR count). The maximum absolute atomic E-state index is 13.1. The molecule has 1 aromatic heterocycles. The van der Waals surface area contributed by atoms with Gasteiger partial charge in [-0.2, -0.15) is 4.31 Å². The molecule has 2 atom stereocenters. The van der Waals surface area contributed by atoms with E-state index in [0.29, 0.717) is 23.9 Å². The van der Waals surface area contributed by atoms with Crippen LogP contribution in [-0.4, -0.2) is 42.9 Å². The molecule has 1 fully saturated rings. The minimum Gasteiger partial charge on any atom is -0.329 e. The van der Waals surface area contributed by atoms with Gasteiger partial charge in [-0.15, -0.1) is 0 Å². The van der Waals surface area contributed by atoms with Crippen molar-refractivity contribution in [2.24, 2.45) is 0 Å². The summed E-state index contributed by atoms with van der Waals surface area (Å²) in [5.41, 5.74) is -0.281. The predicted octanol–water partition coefficient (Wildman–Crippen LogP) is 0.899. The largest absolute Gasteiger partial charge is 0.329 e. The summed E-state index contributed by atoms with van der Waals surface area (Å²) in [4.78, 5) is 14.6. The number of aromatic amines is 1. The fourth-order valence-corrected chi connectivity index (χ4v) is 4.79. The monoisotopic (exact) mass is 321 g/mol. The van der Waals surface area contributed by atoms with E-state index >= 15 is 0 Å². The molecule has 118 valence electrons. The third kappa shape index (κ3) is 2.45. The Kier molecular flexibility index (Phi) is 3.80. The Morgan fingerprint density at radius 3 is 2.73 bits per heavy atom. The number of fused-ring (bicyclic) bond motifs is 1. The molecule has 0 aliphatic carbocycles. The first-order valence-corrected chi connectivity index (χ1v) is 8.71. The maximum Gasteiger partial charge on any atom is 0.255 e. The Labute approximate surface area is 129 Å². The van der Waals surface area contributed by atoms with E-state index in [9.17, 15) is 13.2 Å². The van der Waals surface area contributed by atoms with Gasteiger partial charge < -0.3 is 10.3 Å². The van der Waals surface area contributed by atoms with Crippen molar-refractivity contribution in [2.75, 3.05) is 13.1 Å². The Hall–Kier alpha value is -1.70. The number of rotatable bonds is 2. The fourth-order valence-electron chi connectivity index (χ4n) is 2.87. The molecule has 7 heteroatoms. The molecule has 1 aliphatic rings. The van der Waals surface area contributed by atoms with Crippen molar-refractivity contribution in [3.8, 4) is 0 Å². The summed E-state index contributed by atoms with van der Waals surface area (Å²) < 4.78 is 27.6. The first kappa shape index (κ1) is 15.2. The molecule has 0 amide bonds. The number of pyridine rings is 1. The van der Waals surface area contributed by atoms with Gasteiger partial charge in [0.15, 0.2) is 0 Å². The molecule has 0 saturated carbocycles. The Balaban J connectivity index is 2.17. The van der Waals surface area contributed by atoms with Crippen LogP contribution in [0.15, 0.2) is 40.2 Å². The summed E-state index contributed by atoms with van der Waals surface area (Å²) in [5.74, 6) is 0. The van der Waals surface area contributed by atoms with Crippen LogP contribution in [0.2, 0.25) is 0 Å². The second kappa shape index (κ2) is 5.49. The molecule has 6 nitrogen and oxygen atoms in total. The van der Waals surface area contributed by atoms with E-state index < -0.39 is 10.0 Å². The number of nitrogens with one attached hydrogen (secondary N) is 2. The van der Waals surface area contributed by atoms with Crippen LogP contribution in [0.4, 0.5) is 0 Å². The lowest BCUT2D eigenvalue weighted by Gasteiger charge is -2.36. The number of piperazine rings is 1. The molecular weight excluding hydrogens is 302 g/mol. The smallest absolute Gasteiger partial charge is 0.255 e. The number of hydrogen-bond acceptors (Lipinski definition) is 4. The average molecular weight is 321 g/mol. The summed E-state index contributed by atoms with van der Waals surface area (Å²) in [6.45, 7) is 4.88. The number of hydrogen-bond donors (Lipinski definition) is 2. The zero-order chi connectivity index (χ0) is 15.9. The normalized spacial score (nSPS) is 23.7. The van der Waals surface area contributed by atoms with Crippen molar-refractivity contribution in [2.45, 2.75) is 30.8 Å². The van der Waals surface area contributed by atoms with Gasteiger partial charge >= 0.3 is 0 Å². The average Bonchev–Trinajstić information content (AvgIpc) is 2.49. The Morgan fingerprint density at radius 2 is 1.95 bits per heavy atom. The minimum absolute atomic E-state index is 0.101. The van der Waals surface area contributed by atoms with Gasteiger partial charge in [0.2, 0.25) is 10.0 Å². The third-order valence-corrected chi connectivity index (χ3v) is 6.11. The van der Waals surface area contributed by atoms with Gasteiger partial charge in [0.25, 0.3) is 5.56 Å². The van der Waals surface area contributed by atoms with E-state index in [4.69, 9.17) is 0 Å². The number of nitrogens with zero attached hydrogens (tertiary/aromatic N) is 1. The van der Waals surface area contributed by atoms with E-state index in [-0.39, 0.29) is 22.5 Å². The number of aromatic nitrogens is 1. The van der Waals surface area contributed by atoms with Crippen LogP contribution in [0.1, 0.15) is 13.8 Å². The minimum atomic E-state index is -3.65. The highest BCUT2D eigenvalue weighted by molar-refractivity contribution is 7.89. The molecule has 22 heavy (non-hydrogen) atoms. The van der Waals surface area contributed by atoms with Crippen LogP contribution >= 0.6 is 0 Å². The zero-order valence-electron chi connectivity index (χ0n) is 12.5. The van der Waals surface area contributed by atoms with E-state index in [2.05, 4.69) is 10.3 Å². The summed E-state index contributed by atoms with van der Waals surface area (Å²) >= 11 is 0. The lowest BCUT2D eigenvalue weighted by molar-refractivity contribution is 0.245. The molecule has 2 aromatic rings. The summed E-state index contributed by atoms with van der Waals surface area (Å²) in [5, 5.41) is 4.12. The van der Waals surface area contributed by atoms with Gasteiger partial charge in [-0.1, -0.05) is 6.07 Å². The van der Waals surface area contributed by atoms with Crippen LogP contribution < -0.4 is 10.9 Å². The van der Waals surface area contributed by atoms with Crippen molar-refractivity contribution >= 4 is 20.8 Å². The van der Waals surface area contributed by atoms with Crippen molar-refractivity contribution in [1.29, 1.82) is 0 Å². The Bertz CT molecular complexity index is 860. The maximum atomic E-state index is 13.1. The van der Waals surface area contributed by atoms with Crippen LogP contribution in [0.25, 0.3) is 10.8 Å². The molecule has 0 bridgehead atoms. The Morgan fingerprint density at radius 1 is 1.18 bits per heavy atom. The van der Waals surface area contributed by atoms with Crippen molar-refractivity contribution in [3.05, 3.63) is 40.8 Å². The molecular formula is C15H19N3O3S. The van der Waals surface area contributed by atoms with Gasteiger partial charge in [-0.25, -0.2) is 8.42 Å². The summed E-state index contributed by atoms with van der Waals surface area (Å²) in [6, 6.07) is 6.43. The van der Waals surface area contributed by atoms with Gasteiger partial charge in [0, 0.05) is 42.1 Å². The quantitative estimate of drug-likeness (QED) is 0.861. The molecule has 1 aliphatic heterocycles. The first-order valence-electron chi connectivity index (χ1n) is 7.27. The second-order valence-corrected chi connectivity index (χ2v) is 7.62. The lowest BCUT2D eigenvalue weighted by atomic mass is 10.2. The van der Waals surface area contributed by atoms with Gasteiger partial charge in [0.05, 0.1) is 4.90 Å². The van der Waals surface area contributed by atoms with Gasteiger partial charge in [0.1, 0.15) is 0 Å². The highest BCUT2D eigenvalue weighted by Gasteiger charge is 2.34. The molecule has 1 aromatic carbocycles. The third-order valence-electron chi connectivity index (χ3n) is 4.07. The van der Waals surface area contributed by atoms with Crippen molar-refractivity contribution in [1.82, 2.24) is 14.6 Å². The summed E-state index contributed by atoms with van der Waals surface area (Å²) in [6.07, 6.45) is 1.48. The van der Waals surface area contributed by atoms with Gasteiger partial charge in [-0.05, 0) is 32.0 Å². The first-order chi connectivity index (χ1) is 10.4. The predicted molar refractivity (Wildman–Crippen MR) is 85.4 cm³/mol. The molecule has 2 N–H and O–H groups in total. The SMILES string of the molecule is CC1CN(S(=O)(=O)c2cccc3c(=O)[nH]ccc23)C(C)CN1. The zero-order valence-corrected chi connectivity index (χ0v) is 13.4. The number of benzene rings is 1. The van der Waals surface area contributed by atoms with E-state index in [1.54, 1.807) is 24.3 Å². The van der Waals surface area contributed by atoms with Crippen molar-refractivity contribution in [3.63, 3.8) is 0 Å². The lowest BCUT2D eigenvalue weighted by Crippen LogP contribution is -2.56. The number of H-pyrrole nitrogens is 1. The van der Waals surface area contributed by atoms with E-state index in [1.807, 2.05) is 13.8 Å². The van der Waals surface area contributed by atoms with Crippen LogP contribution in [0.3, 0.4) is 0 Å². The van der Waals surface area contributed by atoms with Gasteiger partial charge in [-0.3, -0.25) is 4.79 Å². The number of sulfonamides is 1. The highest BCUT2D eigenvalue weighted by Crippen LogP contribution is 2.26. The fraction of sp³-hybridized carbons (Fsp3) is 0.400. The van der Waals surface area contributed by atoms with Crippen LogP contribution in [0, 0.1) is 0 Å². The van der Waals surface area contributed by atoms with Crippen molar-refractivity contribution < 1.29 is 8.42 Å². The molecule has 0 radical (unpaired) electrons. The highest BCUT2D eigenvalue weighted by atomic mass is 32.2. The molecule has 2 unspecified atom stereocenters. The molecule has 0 spiro atoms. The molecule has 1 saturated heterocycles. The second-order valence-electron chi connectivity index (χ2n) is 5.76. The summed E-state index contributed by atoms with van der Waals surface area (Å²) in [7, 11) is -3.65. The van der Waals surface area contributed by atoms with Crippen LogP contribution in [-0.2, 0) is 10.0 Å². The van der Waals surface area contributed by atoms with Crippen LogP contribution in [0.5, 0.6) is 0 Å². The topological polar surface area (TPSA) is 82.3 Å².